The number of halogens is 3. The van der Waals surface area contributed by atoms with Crippen molar-refractivity contribution in [2.24, 2.45) is 0 Å². The molecule has 0 unspecified atom stereocenters. The molecule has 1 aromatic carbocycles. The summed E-state index contributed by atoms with van der Waals surface area (Å²) in [5, 5.41) is -1.94. The number of carbonyl (C=O) groups excluding carboxylic acids is 1. The van der Waals surface area contributed by atoms with Gasteiger partial charge in [0.25, 0.3) is 0 Å². The third-order valence-electron chi connectivity index (χ3n) is 2.31. The summed E-state index contributed by atoms with van der Waals surface area (Å²) in [7, 11) is -3.26. The van der Waals surface area contributed by atoms with Gasteiger partial charge in [0.2, 0.25) is 0 Å². The van der Waals surface area contributed by atoms with Crippen molar-refractivity contribution in [2.45, 2.75) is 16.7 Å². The summed E-state index contributed by atoms with van der Waals surface area (Å²) in [6, 6.07) is 5.95. The van der Waals surface area contributed by atoms with Crippen molar-refractivity contribution in [1.82, 2.24) is 5.32 Å². The SMILES string of the molecule is CS(=O)(=O)c1ccc(CCNC(=O)C(F)(F)Cl)cc1. The van der Waals surface area contributed by atoms with Crippen molar-refractivity contribution in [3.63, 3.8) is 0 Å². The summed E-state index contributed by atoms with van der Waals surface area (Å²) < 4.78 is 47.0. The number of carbonyl (C=O) groups is 1. The molecular formula is C11H12ClF2NO3S. The normalized spacial score (nSPS) is 12.2. The Kier molecular flexibility index (Phi) is 4.86. The first-order valence-electron chi connectivity index (χ1n) is 5.25. The fourth-order valence-electron chi connectivity index (χ4n) is 1.32. The number of sulfone groups is 1. The van der Waals surface area contributed by atoms with Crippen LogP contribution in [0, 0.1) is 0 Å². The summed E-state index contributed by atoms with van der Waals surface area (Å²) in [6.07, 6.45) is 1.38. The quantitative estimate of drug-likeness (QED) is 0.840. The zero-order valence-corrected chi connectivity index (χ0v) is 11.6. The Balaban J connectivity index is 2.54. The molecule has 1 aromatic rings. The number of hydrogen-bond donors (Lipinski definition) is 1. The molecule has 4 nitrogen and oxygen atoms in total. The van der Waals surface area contributed by atoms with Gasteiger partial charge in [-0.15, -0.1) is 0 Å². The summed E-state index contributed by atoms with van der Waals surface area (Å²) in [5.41, 5.74) is 0.714. The number of hydrogen-bond acceptors (Lipinski definition) is 3. The van der Waals surface area contributed by atoms with Gasteiger partial charge in [-0.3, -0.25) is 4.79 Å². The number of rotatable bonds is 5. The molecule has 1 N–H and O–H groups in total. The molecule has 0 aromatic heterocycles. The van der Waals surface area contributed by atoms with Crippen LogP contribution in [0.3, 0.4) is 0 Å². The maximum atomic E-state index is 12.3. The van der Waals surface area contributed by atoms with Crippen LogP contribution in [-0.4, -0.2) is 32.5 Å². The number of amides is 1. The largest absolute Gasteiger partial charge is 0.399 e. The van der Waals surface area contributed by atoms with E-state index in [2.05, 4.69) is 11.6 Å². The van der Waals surface area contributed by atoms with E-state index >= 15 is 0 Å². The number of benzene rings is 1. The van der Waals surface area contributed by atoms with Gasteiger partial charge >= 0.3 is 11.3 Å². The number of nitrogens with one attached hydrogen (secondary N) is 1. The molecular weight excluding hydrogens is 300 g/mol. The maximum Gasteiger partial charge on any atom is 0.399 e. The first-order chi connectivity index (χ1) is 8.60. The second kappa shape index (κ2) is 5.83. The first kappa shape index (κ1) is 15.8. The highest BCUT2D eigenvalue weighted by Crippen LogP contribution is 2.18. The Morgan fingerprint density at radius 1 is 1.32 bits per heavy atom. The highest BCUT2D eigenvalue weighted by Gasteiger charge is 2.35. The fraction of sp³-hybridized carbons (Fsp3) is 0.364. The van der Waals surface area contributed by atoms with Gasteiger partial charge in [0.05, 0.1) is 4.90 Å². The lowest BCUT2D eigenvalue weighted by Crippen LogP contribution is -2.37. The van der Waals surface area contributed by atoms with Crippen molar-refractivity contribution in [1.29, 1.82) is 0 Å². The van der Waals surface area contributed by atoms with E-state index in [0.717, 1.165) is 6.26 Å². The van der Waals surface area contributed by atoms with Crippen LogP contribution in [0.2, 0.25) is 0 Å². The van der Waals surface area contributed by atoms with Crippen LogP contribution in [0.15, 0.2) is 29.2 Å². The van der Waals surface area contributed by atoms with E-state index in [-0.39, 0.29) is 11.4 Å². The number of alkyl halides is 3. The lowest BCUT2D eigenvalue weighted by molar-refractivity contribution is -0.135. The topological polar surface area (TPSA) is 63.2 Å². The van der Waals surface area contributed by atoms with Gasteiger partial charge in [-0.05, 0) is 35.7 Å². The van der Waals surface area contributed by atoms with Crippen molar-refractivity contribution in [2.75, 3.05) is 12.8 Å². The van der Waals surface area contributed by atoms with Gasteiger partial charge < -0.3 is 5.32 Å². The molecule has 0 aliphatic carbocycles. The van der Waals surface area contributed by atoms with E-state index < -0.39 is 21.1 Å². The molecule has 1 rings (SSSR count). The average Bonchev–Trinajstić information content (AvgIpc) is 2.27. The van der Waals surface area contributed by atoms with Crippen LogP contribution in [0.25, 0.3) is 0 Å². The molecule has 19 heavy (non-hydrogen) atoms. The van der Waals surface area contributed by atoms with Gasteiger partial charge in [0, 0.05) is 12.8 Å². The van der Waals surface area contributed by atoms with Crippen LogP contribution in [0.4, 0.5) is 8.78 Å². The first-order valence-corrected chi connectivity index (χ1v) is 7.51. The smallest absolute Gasteiger partial charge is 0.349 e. The summed E-state index contributed by atoms with van der Waals surface area (Å²) in [5.74, 6) is -1.55. The molecule has 0 heterocycles. The summed E-state index contributed by atoms with van der Waals surface area (Å²) in [4.78, 5) is 10.9. The predicted octanol–water partition coefficient (Wildman–Crippen LogP) is 1.58. The molecule has 0 bridgehead atoms. The van der Waals surface area contributed by atoms with Gasteiger partial charge in [0.1, 0.15) is 0 Å². The lowest BCUT2D eigenvalue weighted by Gasteiger charge is -2.09. The minimum Gasteiger partial charge on any atom is -0.349 e. The molecule has 0 saturated carbocycles. The van der Waals surface area contributed by atoms with E-state index in [9.17, 15) is 22.0 Å². The Labute approximate surface area is 114 Å². The van der Waals surface area contributed by atoms with Crippen LogP contribution in [0.1, 0.15) is 5.56 Å². The molecule has 0 spiro atoms. The van der Waals surface area contributed by atoms with Gasteiger partial charge in [-0.25, -0.2) is 8.42 Å². The van der Waals surface area contributed by atoms with Crippen molar-refractivity contribution in [3.8, 4) is 0 Å². The highest BCUT2D eigenvalue weighted by atomic mass is 35.5. The molecule has 0 atom stereocenters. The van der Waals surface area contributed by atoms with Crippen LogP contribution < -0.4 is 5.32 Å². The van der Waals surface area contributed by atoms with Gasteiger partial charge in [-0.1, -0.05) is 12.1 Å². The zero-order valence-electron chi connectivity index (χ0n) is 9.99. The predicted molar refractivity (Wildman–Crippen MR) is 67.1 cm³/mol. The molecule has 0 radical (unpaired) electrons. The molecule has 0 aliphatic rings. The Morgan fingerprint density at radius 3 is 2.26 bits per heavy atom. The molecule has 0 saturated heterocycles. The molecule has 106 valence electrons. The Bertz CT molecular complexity index is 552. The highest BCUT2D eigenvalue weighted by molar-refractivity contribution is 7.90. The molecule has 0 fully saturated rings. The molecule has 1 amide bonds. The monoisotopic (exact) mass is 311 g/mol. The molecule has 8 heteroatoms. The average molecular weight is 312 g/mol. The van der Waals surface area contributed by atoms with Crippen molar-refractivity contribution in [3.05, 3.63) is 29.8 Å². The standard InChI is InChI=1S/C11H12ClF2NO3S/c1-19(17,18)9-4-2-8(3-5-9)6-7-15-10(16)11(12,13)14/h2-5H,6-7H2,1H3,(H,15,16). The minimum atomic E-state index is -3.92. The van der Waals surface area contributed by atoms with E-state index in [4.69, 9.17) is 0 Å². The van der Waals surface area contributed by atoms with E-state index in [1.54, 1.807) is 12.1 Å². The van der Waals surface area contributed by atoms with E-state index in [0.29, 0.717) is 12.0 Å². The van der Waals surface area contributed by atoms with Crippen LogP contribution in [-0.2, 0) is 21.1 Å². The second-order valence-corrected chi connectivity index (χ2v) is 6.41. The van der Waals surface area contributed by atoms with Crippen LogP contribution >= 0.6 is 11.6 Å². The minimum absolute atomic E-state index is 0.0145. The van der Waals surface area contributed by atoms with Gasteiger partial charge in [-0.2, -0.15) is 8.78 Å². The summed E-state index contributed by atoms with van der Waals surface area (Å²) >= 11 is 4.52. The Morgan fingerprint density at radius 2 is 1.84 bits per heavy atom. The Hall–Kier alpha value is -1.21. The van der Waals surface area contributed by atoms with Crippen LogP contribution in [0.5, 0.6) is 0 Å². The second-order valence-electron chi connectivity index (χ2n) is 3.92. The zero-order chi connectivity index (χ0) is 14.7. The third-order valence-corrected chi connectivity index (χ3v) is 3.61. The molecule has 0 aliphatic heterocycles. The van der Waals surface area contributed by atoms with E-state index in [1.165, 1.54) is 12.1 Å². The fourth-order valence-corrected chi connectivity index (χ4v) is 2.02. The van der Waals surface area contributed by atoms with E-state index in [1.807, 2.05) is 5.32 Å². The van der Waals surface area contributed by atoms with Crippen molar-refractivity contribution >= 4 is 27.3 Å². The van der Waals surface area contributed by atoms with Crippen molar-refractivity contribution < 1.29 is 22.0 Å². The maximum absolute atomic E-state index is 12.3. The van der Waals surface area contributed by atoms with Gasteiger partial charge in [0.15, 0.2) is 9.84 Å². The lowest BCUT2D eigenvalue weighted by atomic mass is 10.1. The summed E-state index contributed by atoms with van der Waals surface area (Å²) in [6.45, 7) is -0.0145. The third kappa shape index (κ3) is 5.12.